The molecule has 0 N–H and O–H groups in total. The van der Waals surface area contributed by atoms with Crippen molar-refractivity contribution < 1.29 is 9.59 Å². The van der Waals surface area contributed by atoms with Gasteiger partial charge in [-0.2, -0.15) is 0 Å². The summed E-state index contributed by atoms with van der Waals surface area (Å²) in [5.41, 5.74) is 0.539. The molecule has 1 amide bonds. The third kappa shape index (κ3) is 3.22. The van der Waals surface area contributed by atoms with Gasteiger partial charge in [0.2, 0.25) is 5.91 Å². The molecular weight excluding hydrogens is 204 g/mol. The van der Waals surface area contributed by atoms with E-state index in [1.165, 1.54) is 0 Å². The molecule has 16 heavy (non-hydrogen) atoms. The van der Waals surface area contributed by atoms with E-state index >= 15 is 0 Å². The van der Waals surface area contributed by atoms with Crippen LogP contribution >= 0.6 is 0 Å². The average Bonchev–Trinajstić information content (AvgIpc) is 2.72. The number of unbranched alkanes of at least 4 members (excludes halogenated alkanes) is 1. The number of hydrogen-bond acceptors (Lipinski definition) is 2. The van der Waals surface area contributed by atoms with Crippen LogP contribution in [0.25, 0.3) is 0 Å². The van der Waals surface area contributed by atoms with Gasteiger partial charge in [0, 0.05) is 19.8 Å². The van der Waals surface area contributed by atoms with Gasteiger partial charge in [-0.25, -0.2) is 0 Å². The fourth-order valence-electron chi connectivity index (χ4n) is 1.46. The van der Waals surface area contributed by atoms with Crippen molar-refractivity contribution in [3.05, 3.63) is 24.0 Å². The van der Waals surface area contributed by atoms with Gasteiger partial charge in [0.1, 0.15) is 6.54 Å². The number of likely N-dealkylation sites (N-methyl/N-ethyl adjacent to an activating group) is 1. The molecule has 0 aromatic carbocycles. The summed E-state index contributed by atoms with van der Waals surface area (Å²) < 4.78 is 1.66. The van der Waals surface area contributed by atoms with Crippen LogP contribution in [0.1, 0.15) is 30.3 Å². The summed E-state index contributed by atoms with van der Waals surface area (Å²) in [6.45, 7) is 3.10. The Morgan fingerprint density at radius 3 is 2.94 bits per heavy atom. The Kier molecular flexibility index (Phi) is 4.76. The molecule has 0 saturated heterocycles. The number of carbonyl (C=O) groups is 2. The van der Waals surface area contributed by atoms with E-state index in [4.69, 9.17) is 0 Å². The van der Waals surface area contributed by atoms with Gasteiger partial charge in [0.25, 0.3) is 0 Å². The van der Waals surface area contributed by atoms with Gasteiger partial charge in [0.05, 0.1) is 5.69 Å². The summed E-state index contributed by atoms with van der Waals surface area (Å²) in [5, 5.41) is 0. The number of aromatic nitrogens is 1. The van der Waals surface area contributed by atoms with Gasteiger partial charge in [-0.05, 0) is 18.6 Å². The summed E-state index contributed by atoms with van der Waals surface area (Å²) >= 11 is 0. The highest BCUT2D eigenvalue weighted by atomic mass is 16.2. The second kappa shape index (κ2) is 6.10. The number of nitrogens with zero attached hydrogens (tertiary/aromatic N) is 2. The van der Waals surface area contributed by atoms with Crippen molar-refractivity contribution in [1.29, 1.82) is 0 Å². The summed E-state index contributed by atoms with van der Waals surface area (Å²) in [6, 6.07) is 3.47. The zero-order chi connectivity index (χ0) is 12.0. The van der Waals surface area contributed by atoms with Gasteiger partial charge in [-0.3, -0.25) is 9.59 Å². The molecule has 1 aromatic rings. The second-order valence-electron chi connectivity index (χ2n) is 3.85. The van der Waals surface area contributed by atoms with Crippen molar-refractivity contribution in [2.24, 2.45) is 0 Å². The Balaban J connectivity index is 2.53. The lowest BCUT2D eigenvalue weighted by Crippen LogP contribution is -2.31. The van der Waals surface area contributed by atoms with Crippen molar-refractivity contribution >= 4 is 12.2 Å². The molecule has 0 spiro atoms. The quantitative estimate of drug-likeness (QED) is 0.685. The number of hydrogen-bond donors (Lipinski definition) is 0. The molecule has 4 heteroatoms. The van der Waals surface area contributed by atoms with Crippen molar-refractivity contribution in [3.63, 3.8) is 0 Å². The fraction of sp³-hybridized carbons (Fsp3) is 0.500. The molecule has 4 nitrogen and oxygen atoms in total. The maximum Gasteiger partial charge on any atom is 0.242 e. The summed E-state index contributed by atoms with van der Waals surface area (Å²) in [7, 11) is 1.79. The minimum Gasteiger partial charge on any atom is -0.344 e. The third-order valence-corrected chi connectivity index (χ3v) is 2.56. The minimum absolute atomic E-state index is 0.0350. The third-order valence-electron chi connectivity index (χ3n) is 2.56. The van der Waals surface area contributed by atoms with E-state index in [9.17, 15) is 9.59 Å². The van der Waals surface area contributed by atoms with E-state index in [1.54, 1.807) is 34.8 Å². The van der Waals surface area contributed by atoms with Gasteiger partial charge in [-0.1, -0.05) is 13.3 Å². The first-order chi connectivity index (χ1) is 7.69. The molecule has 0 saturated carbocycles. The maximum absolute atomic E-state index is 11.8. The zero-order valence-electron chi connectivity index (χ0n) is 9.85. The Labute approximate surface area is 95.9 Å². The maximum atomic E-state index is 11.8. The van der Waals surface area contributed by atoms with Gasteiger partial charge < -0.3 is 9.47 Å². The SMILES string of the molecule is CCCCN(C)C(=O)Cn1cccc1C=O. The summed E-state index contributed by atoms with van der Waals surface area (Å²) in [5.74, 6) is 0.0350. The highest BCUT2D eigenvalue weighted by molar-refractivity contribution is 5.78. The zero-order valence-corrected chi connectivity index (χ0v) is 9.85. The lowest BCUT2D eigenvalue weighted by Gasteiger charge is -2.17. The van der Waals surface area contributed by atoms with E-state index in [2.05, 4.69) is 6.92 Å². The molecule has 1 heterocycles. The Morgan fingerprint density at radius 2 is 2.31 bits per heavy atom. The smallest absolute Gasteiger partial charge is 0.242 e. The number of rotatable bonds is 6. The van der Waals surface area contributed by atoms with Crippen molar-refractivity contribution in [1.82, 2.24) is 9.47 Å². The van der Waals surface area contributed by atoms with Crippen LogP contribution in [0, 0.1) is 0 Å². The van der Waals surface area contributed by atoms with E-state index in [0.717, 1.165) is 25.7 Å². The van der Waals surface area contributed by atoms with E-state index in [1.807, 2.05) is 0 Å². The normalized spacial score (nSPS) is 10.1. The standard InChI is InChI=1S/C12H18N2O2/c1-3-4-7-13(2)12(16)9-14-8-5-6-11(14)10-15/h5-6,8,10H,3-4,7,9H2,1-2H3. The number of aldehydes is 1. The Bertz CT molecular complexity index is 358. The molecule has 88 valence electrons. The largest absolute Gasteiger partial charge is 0.344 e. The first kappa shape index (κ1) is 12.5. The molecular formula is C12H18N2O2. The molecule has 0 aliphatic rings. The lowest BCUT2D eigenvalue weighted by atomic mass is 10.3. The van der Waals surface area contributed by atoms with Gasteiger partial charge in [-0.15, -0.1) is 0 Å². The Morgan fingerprint density at radius 1 is 1.56 bits per heavy atom. The highest BCUT2D eigenvalue weighted by Crippen LogP contribution is 2.01. The van der Waals surface area contributed by atoms with E-state index in [0.29, 0.717) is 5.69 Å². The predicted molar refractivity (Wildman–Crippen MR) is 62.4 cm³/mol. The average molecular weight is 222 g/mol. The van der Waals surface area contributed by atoms with Gasteiger partial charge >= 0.3 is 0 Å². The van der Waals surface area contributed by atoms with Crippen LogP contribution in [-0.4, -0.2) is 35.3 Å². The molecule has 0 fully saturated rings. The van der Waals surface area contributed by atoms with E-state index < -0.39 is 0 Å². The molecule has 0 unspecified atom stereocenters. The predicted octanol–water partition coefficient (Wildman–Crippen LogP) is 1.56. The molecule has 1 rings (SSSR count). The summed E-state index contributed by atoms with van der Waals surface area (Å²) in [4.78, 5) is 24.1. The molecule has 0 aliphatic carbocycles. The molecule has 0 aliphatic heterocycles. The van der Waals surface area contributed by atoms with Gasteiger partial charge in [0.15, 0.2) is 6.29 Å². The topological polar surface area (TPSA) is 42.3 Å². The van der Waals surface area contributed by atoms with Crippen LogP contribution in [-0.2, 0) is 11.3 Å². The van der Waals surface area contributed by atoms with E-state index in [-0.39, 0.29) is 12.5 Å². The minimum atomic E-state index is 0.0350. The molecule has 0 bridgehead atoms. The second-order valence-corrected chi connectivity index (χ2v) is 3.85. The first-order valence-electron chi connectivity index (χ1n) is 5.53. The van der Waals surface area contributed by atoms with Crippen LogP contribution in [0.4, 0.5) is 0 Å². The van der Waals surface area contributed by atoms with Crippen LogP contribution in [0.2, 0.25) is 0 Å². The Hall–Kier alpha value is -1.58. The first-order valence-corrected chi connectivity index (χ1v) is 5.53. The van der Waals surface area contributed by atoms with Crippen molar-refractivity contribution in [2.45, 2.75) is 26.3 Å². The lowest BCUT2D eigenvalue weighted by molar-refractivity contribution is -0.130. The fourth-order valence-corrected chi connectivity index (χ4v) is 1.46. The van der Waals surface area contributed by atoms with Crippen LogP contribution in [0.3, 0.4) is 0 Å². The van der Waals surface area contributed by atoms with Crippen LogP contribution in [0.5, 0.6) is 0 Å². The molecule has 0 radical (unpaired) electrons. The summed E-state index contributed by atoms with van der Waals surface area (Å²) in [6.07, 6.45) is 4.59. The van der Waals surface area contributed by atoms with Crippen LogP contribution < -0.4 is 0 Å². The van der Waals surface area contributed by atoms with Crippen molar-refractivity contribution in [2.75, 3.05) is 13.6 Å². The number of amides is 1. The number of carbonyl (C=O) groups excluding carboxylic acids is 2. The van der Waals surface area contributed by atoms with Crippen molar-refractivity contribution in [3.8, 4) is 0 Å². The highest BCUT2D eigenvalue weighted by Gasteiger charge is 2.10. The molecule has 0 atom stereocenters. The monoisotopic (exact) mass is 222 g/mol. The molecule has 1 aromatic heterocycles. The van der Waals surface area contributed by atoms with Crippen LogP contribution in [0.15, 0.2) is 18.3 Å².